The van der Waals surface area contributed by atoms with Gasteiger partial charge in [0.15, 0.2) is 17.8 Å². The molecule has 0 amide bonds. The number of aromatic hydroxyl groups is 1. The van der Waals surface area contributed by atoms with Gasteiger partial charge in [-0.3, -0.25) is 4.90 Å². The third-order valence-corrected chi connectivity index (χ3v) is 11.1. The number of nitrogens with one attached hydrogen (secondary N) is 1. The van der Waals surface area contributed by atoms with Gasteiger partial charge in [0.25, 0.3) is 5.88 Å². The normalized spacial score (nSPS) is 22.3. The molecular formula is C39H34F5N7O4. The Morgan fingerprint density at radius 3 is 2.76 bits per heavy atom. The quantitative estimate of drug-likeness (QED) is 0.145. The zero-order valence-corrected chi connectivity index (χ0v) is 29.3. The van der Waals surface area contributed by atoms with Gasteiger partial charge in [0, 0.05) is 55.8 Å². The van der Waals surface area contributed by atoms with Crippen molar-refractivity contribution < 1.29 is 41.3 Å². The maximum Gasteiger partial charge on any atom is 0.573 e. The van der Waals surface area contributed by atoms with Crippen LogP contribution in [0.2, 0.25) is 0 Å². The summed E-state index contributed by atoms with van der Waals surface area (Å²) < 4.78 is 88.2. The molecule has 3 aromatic heterocycles. The second kappa shape index (κ2) is 13.3. The zero-order valence-electron chi connectivity index (χ0n) is 29.3. The summed E-state index contributed by atoms with van der Waals surface area (Å²) in [6.07, 6.45) is 5.32. The minimum atomic E-state index is -4.92. The molecule has 3 saturated heterocycles. The summed E-state index contributed by atoms with van der Waals surface area (Å²) in [5.41, 5.74) is -0.135. The molecule has 5 aromatic rings. The maximum absolute atomic E-state index is 17.2. The summed E-state index contributed by atoms with van der Waals surface area (Å²) in [6.45, 7) is 2.67. The Morgan fingerprint density at radius 2 is 1.93 bits per heavy atom. The van der Waals surface area contributed by atoms with Crippen molar-refractivity contribution in [1.29, 1.82) is 0 Å². The Balaban J connectivity index is 1.10. The Bertz CT molecular complexity index is 2390. The third kappa shape index (κ3) is 6.15. The highest BCUT2D eigenvalue weighted by molar-refractivity contribution is 6.03. The topological polar surface area (TPSA) is 118 Å². The average molecular weight is 760 g/mol. The summed E-state index contributed by atoms with van der Waals surface area (Å²) in [4.78, 5) is 22.6. The predicted octanol–water partition coefficient (Wildman–Crippen LogP) is 6.24. The van der Waals surface area contributed by atoms with E-state index >= 15 is 8.78 Å². The molecule has 284 valence electrons. The van der Waals surface area contributed by atoms with Crippen LogP contribution in [0.3, 0.4) is 0 Å². The number of aryl methyl sites for hydroxylation is 1. The van der Waals surface area contributed by atoms with Crippen molar-refractivity contribution in [1.82, 2.24) is 30.2 Å². The molecule has 16 heteroatoms. The molecule has 3 unspecified atom stereocenters. The van der Waals surface area contributed by atoms with E-state index in [0.717, 1.165) is 12.5 Å². The van der Waals surface area contributed by atoms with E-state index in [1.807, 2.05) is 0 Å². The molecule has 9 rings (SSSR count). The van der Waals surface area contributed by atoms with Crippen LogP contribution in [-0.4, -0.2) is 86.9 Å². The Morgan fingerprint density at radius 1 is 1.05 bits per heavy atom. The molecule has 11 nitrogen and oxygen atoms in total. The molecule has 55 heavy (non-hydrogen) atoms. The molecule has 7 heterocycles. The molecule has 4 aliphatic rings. The van der Waals surface area contributed by atoms with Gasteiger partial charge in [-0.25, -0.2) is 18.7 Å². The first kappa shape index (κ1) is 35.2. The second-order valence-corrected chi connectivity index (χ2v) is 14.3. The van der Waals surface area contributed by atoms with Crippen LogP contribution in [0.25, 0.3) is 32.9 Å². The number of fused-ring (bicyclic) bond motifs is 4. The average Bonchev–Trinajstić information content (AvgIpc) is 3.68. The number of alkyl halides is 3. The molecule has 0 radical (unpaired) electrons. The largest absolute Gasteiger partial charge is 0.573 e. The van der Waals surface area contributed by atoms with Crippen LogP contribution >= 0.6 is 0 Å². The monoisotopic (exact) mass is 759 g/mol. The number of benzene rings is 2. The van der Waals surface area contributed by atoms with Crippen molar-refractivity contribution in [3.05, 3.63) is 65.5 Å². The fraction of sp³-hybridized carbons (Fsp3) is 0.385. The number of hydrogen-bond donors (Lipinski definition) is 2. The van der Waals surface area contributed by atoms with E-state index in [2.05, 4.69) is 35.7 Å². The van der Waals surface area contributed by atoms with Crippen molar-refractivity contribution in [3.8, 4) is 47.0 Å². The summed E-state index contributed by atoms with van der Waals surface area (Å²) in [7, 11) is 0. The number of piperazine rings is 1. The van der Waals surface area contributed by atoms with Crippen LogP contribution < -0.4 is 24.4 Å². The first-order chi connectivity index (χ1) is 26.5. The van der Waals surface area contributed by atoms with Gasteiger partial charge >= 0.3 is 12.4 Å². The number of aromatic nitrogens is 4. The van der Waals surface area contributed by atoms with Gasteiger partial charge in [-0.1, -0.05) is 12.0 Å². The molecule has 0 spiro atoms. The molecule has 0 bridgehead atoms. The van der Waals surface area contributed by atoms with Crippen LogP contribution in [0.1, 0.15) is 43.4 Å². The van der Waals surface area contributed by atoms with Crippen LogP contribution in [0.5, 0.6) is 23.4 Å². The first-order valence-corrected chi connectivity index (χ1v) is 18.1. The fourth-order valence-electron chi connectivity index (χ4n) is 8.76. The summed E-state index contributed by atoms with van der Waals surface area (Å²) in [5.74, 6) is 0.438. The fourth-order valence-corrected chi connectivity index (χ4v) is 8.76. The minimum absolute atomic E-state index is 0.0265. The SMILES string of the molecule is C#Cc1c(F)ccc2cc(O)cc(-c3nc4c5c(nc(OCC67CCCN6C(Oc6ncccc6OC(F)(F)F)CC7)nc5c3F)N3CCNCC3CC4)c12. The molecule has 3 fully saturated rings. The minimum Gasteiger partial charge on any atom is -0.508 e. The number of terminal acetylenes is 1. The molecule has 0 saturated carbocycles. The van der Waals surface area contributed by atoms with Crippen molar-refractivity contribution in [2.75, 3.05) is 37.7 Å². The lowest BCUT2D eigenvalue weighted by Gasteiger charge is -2.36. The molecular weight excluding hydrogens is 725 g/mol. The number of phenolic OH excluding ortho intramolecular Hbond substituents is 1. The number of nitrogens with zero attached hydrogens (tertiary/aromatic N) is 6. The van der Waals surface area contributed by atoms with E-state index in [1.165, 1.54) is 36.5 Å². The van der Waals surface area contributed by atoms with E-state index < -0.39 is 35.5 Å². The number of pyridine rings is 2. The van der Waals surface area contributed by atoms with Gasteiger partial charge < -0.3 is 29.5 Å². The van der Waals surface area contributed by atoms with Gasteiger partial charge in [-0.2, -0.15) is 9.97 Å². The lowest BCUT2D eigenvalue weighted by atomic mass is 9.95. The lowest BCUT2D eigenvalue weighted by Crippen LogP contribution is -2.51. The number of rotatable bonds is 7. The van der Waals surface area contributed by atoms with Crippen LogP contribution in [-0.2, 0) is 6.42 Å². The maximum atomic E-state index is 17.2. The van der Waals surface area contributed by atoms with Crippen molar-refractivity contribution in [2.45, 2.75) is 62.7 Å². The predicted molar refractivity (Wildman–Crippen MR) is 191 cm³/mol. The van der Waals surface area contributed by atoms with Crippen LogP contribution in [0, 0.1) is 24.0 Å². The lowest BCUT2D eigenvalue weighted by molar-refractivity contribution is -0.275. The van der Waals surface area contributed by atoms with Gasteiger partial charge in [-0.05, 0) is 67.8 Å². The van der Waals surface area contributed by atoms with Crippen molar-refractivity contribution in [2.24, 2.45) is 0 Å². The third-order valence-electron chi connectivity index (χ3n) is 11.1. The summed E-state index contributed by atoms with van der Waals surface area (Å²) >= 11 is 0. The van der Waals surface area contributed by atoms with E-state index in [4.69, 9.17) is 25.9 Å². The van der Waals surface area contributed by atoms with Crippen molar-refractivity contribution >= 4 is 27.5 Å². The van der Waals surface area contributed by atoms with Crippen LogP contribution in [0.4, 0.5) is 27.8 Å². The summed E-state index contributed by atoms with van der Waals surface area (Å²) in [5, 5.41) is 15.2. The highest BCUT2D eigenvalue weighted by atomic mass is 19.4. The Hall–Kier alpha value is -5.53. The molecule has 3 atom stereocenters. The number of anilines is 1. The van der Waals surface area contributed by atoms with Crippen molar-refractivity contribution in [3.63, 3.8) is 0 Å². The first-order valence-electron chi connectivity index (χ1n) is 18.1. The summed E-state index contributed by atoms with van der Waals surface area (Å²) in [6, 6.07) is 7.88. The van der Waals surface area contributed by atoms with E-state index in [-0.39, 0.29) is 58.0 Å². The number of hydrogen-bond acceptors (Lipinski definition) is 11. The molecule has 4 aliphatic heterocycles. The Kier molecular flexibility index (Phi) is 8.54. The molecule has 2 aromatic carbocycles. The molecule has 2 N–H and O–H groups in total. The zero-order chi connectivity index (χ0) is 38.1. The smallest absolute Gasteiger partial charge is 0.508 e. The standard InChI is InChI=1S/C39H34F5N7O4/c1-2-24-26(40)8-6-21-17-23(52)18-25(30(21)24)33-32(41)34-31-27(47-33)9-7-22-19-45-14-16-50(22)35(31)49-37(48-34)53-20-38-11-4-15-51(38)29(10-12-38)54-36-28(5-3-13-46-36)55-39(42,43)44/h1,3,5-6,8,13,17-18,22,29,45,52H,4,7,9-12,14-16,19-20H2. The van der Waals surface area contributed by atoms with Gasteiger partial charge in [0.1, 0.15) is 35.2 Å². The highest BCUT2D eigenvalue weighted by Crippen LogP contribution is 2.45. The number of halogens is 5. The van der Waals surface area contributed by atoms with E-state index in [9.17, 15) is 18.3 Å². The van der Waals surface area contributed by atoms with Gasteiger partial charge in [-0.15, -0.1) is 19.6 Å². The second-order valence-electron chi connectivity index (χ2n) is 14.3. The van der Waals surface area contributed by atoms with Crippen LogP contribution in [0.15, 0.2) is 42.6 Å². The van der Waals surface area contributed by atoms with Gasteiger partial charge in [0.05, 0.1) is 22.2 Å². The number of phenols is 1. The molecule has 0 aliphatic carbocycles. The van der Waals surface area contributed by atoms with E-state index in [1.54, 1.807) is 0 Å². The van der Waals surface area contributed by atoms with E-state index in [0.29, 0.717) is 80.6 Å². The number of ether oxygens (including phenoxy) is 3. The van der Waals surface area contributed by atoms with Gasteiger partial charge in [0.2, 0.25) is 0 Å². The highest BCUT2D eigenvalue weighted by Gasteiger charge is 2.51. The Labute approximate surface area is 311 Å².